The summed E-state index contributed by atoms with van der Waals surface area (Å²) in [5.41, 5.74) is -1.01. The van der Waals surface area contributed by atoms with Crippen molar-refractivity contribution < 1.29 is 18.0 Å². The average molecular weight is 524 g/mol. The fourth-order valence-corrected chi connectivity index (χ4v) is 3.50. The highest BCUT2D eigenvalue weighted by atomic mass is 35.6. The molecule has 0 heterocycles. The first-order valence-corrected chi connectivity index (χ1v) is 12.0. The number of hydrogen-bond donors (Lipinski definition) is 2. The van der Waals surface area contributed by atoms with E-state index in [1.807, 2.05) is 0 Å². The molecule has 0 aromatic heterocycles. The van der Waals surface area contributed by atoms with Gasteiger partial charge in [-0.3, -0.25) is 4.79 Å². The Labute approximate surface area is 202 Å². The molecule has 0 saturated carbocycles. The molecule has 10 heteroatoms. The number of nitrogens with one attached hydrogen (secondary N) is 2. The first kappa shape index (κ1) is 28.5. The first-order valence-electron chi connectivity index (χ1n) is 10.4. The van der Waals surface area contributed by atoms with Crippen LogP contribution in [0.5, 0.6) is 0 Å². The summed E-state index contributed by atoms with van der Waals surface area (Å²) in [4.78, 5) is 12.3. The Kier molecular flexibility index (Phi) is 12.7. The van der Waals surface area contributed by atoms with Crippen LogP contribution < -0.4 is 10.6 Å². The lowest BCUT2D eigenvalue weighted by atomic mass is 10.1. The Morgan fingerprint density at radius 3 is 2.03 bits per heavy atom. The highest BCUT2D eigenvalue weighted by molar-refractivity contribution is 6.68. The van der Waals surface area contributed by atoms with Gasteiger partial charge in [0.25, 0.3) is 0 Å². The largest absolute Gasteiger partial charge is 0.416 e. The summed E-state index contributed by atoms with van der Waals surface area (Å²) in [6, 6.07) is 2.74. The van der Waals surface area contributed by atoms with E-state index in [4.69, 9.17) is 46.4 Å². The zero-order chi connectivity index (χ0) is 23.5. The summed E-state index contributed by atoms with van der Waals surface area (Å²) in [6.07, 6.45) is 4.37. The van der Waals surface area contributed by atoms with E-state index in [0.29, 0.717) is 6.42 Å². The number of benzene rings is 1. The molecule has 1 rings (SSSR count). The lowest BCUT2D eigenvalue weighted by Gasteiger charge is -2.28. The van der Waals surface area contributed by atoms with E-state index in [0.717, 1.165) is 37.5 Å². The maximum absolute atomic E-state index is 13.0. The number of halogens is 7. The topological polar surface area (TPSA) is 41.1 Å². The van der Waals surface area contributed by atoms with E-state index in [1.54, 1.807) is 0 Å². The maximum Gasteiger partial charge on any atom is 0.416 e. The van der Waals surface area contributed by atoms with Crippen molar-refractivity contribution in [1.82, 2.24) is 5.32 Å². The highest BCUT2D eigenvalue weighted by Crippen LogP contribution is 2.36. The quantitative estimate of drug-likeness (QED) is 0.154. The summed E-state index contributed by atoms with van der Waals surface area (Å²) >= 11 is 23.7. The summed E-state index contributed by atoms with van der Waals surface area (Å²) in [6.45, 7) is 2.18. The second kappa shape index (κ2) is 13.9. The van der Waals surface area contributed by atoms with Gasteiger partial charge in [0.2, 0.25) is 9.70 Å². The van der Waals surface area contributed by atoms with E-state index in [2.05, 4.69) is 17.6 Å². The molecule has 0 aliphatic rings. The van der Waals surface area contributed by atoms with Crippen molar-refractivity contribution in [3.8, 4) is 0 Å². The molecule has 1 aromatic rings. The van der Waals surface area contributed by atoms with Gasteiger partial charge >= 0.3 is 6.18 Å². The molecule has 0 bridgehead atoms. The molecule has 1 atom stereocenters. The van der Waals surface area contributed by atoms with Gasteiger partial charge in [-0.2, -0.15) is 13.2 Å². The molecule has 3 nitrogen and oxygen atoms in total. The maximum atomic E-state index is 13.0. The smallest absolute Gasteiger partial charge is 0.361 e. The van der Waals surface area contributed by atoms with Crippen molar-refractivity contribution in [2.24, 2.45) is 0 Å². The summed E-state index contributed by atoms with van der Waals surface area (Å²) in [7, 11) is 0. The monoisotopic (exact) mass is 522 g/mol. The first-order chi connectivity index (χ1) is 14.4. The van der Waals surface area contributed by atoms with Crippen LogP contribution in [-0.4, -0.2) is 15.9 Å². The highest BCUT2D eigenvalue weighted by Gasteiger charge is 2.35. The number of unbranched alkanes of at least 4 members (excludes halogenated alkanes) is 8. The molecule has 0 aliphatic heterocycles. The molecule has 31 heavy (non-hydrogen) atoms. The minimum Gasteiger partial charge on any atom is -0.361 e. The van der Waals surface area contributed by atoms with Crippen molar-refractivity contribution in [2.75, 3.05) is 5.32 Å². The molecule has 1 aromatic carbocycles. The van der Waals surface area contributed by atoms with E-state index in [-0.39, 0.29) is 23.0 Å². The van der Waals surface area contributed by atoms with Crippen LogP contribution in [0.2, 0.25) is 5.02 Å². The number of rotatable bonds is 13. The normalized spacial score (nSPS) is 13.2. The minimum absolute atomic E-state index is 0.000403. The third kappa shape index (κ3) is 11.7. The van der Waals surface area contributed by atoms with Crippen LogP contribution >= 0.6 is 46.4 Å². The number of carbonyl (C=O) groups excluding carboxylic acids is 1. The van der Waals surface area contributed by atoms with Gasteiger partial charge in [-0.05, 0) is 24.6 Å². The SMILES string of the molecule is CCCCCCCCCCCC(=O)N[C@H](Nc1cc(C(F)(F)F)ccc1Cl)C(Cl)(Cl)Cl. The van der Waals surface area contributed by atoms with Crippen LogP contribution in [0.1, 0.15) is 76.7 Å². The fourth-order valence-electron chi connectivity index (χ4n) is 3.00. The number of alkyl halides is 6. The average Bonchev–Trinajstić information content (AvgIpc) is 2.66. The van der Waals surface area contributed by atoms with Gasteiger partial charge in [-0.15, -0.1) is 0 Å². The van der Waals surface area contributed by atoms with Gasteiger partial charge in [0.1, 0.15) is 6.17 Å². The van der Waals surface area contributed by atoms with Crippen LogP contribution in [0.15, 0.2) is 18.2 Å². The fraction of sp³-hybridized carbons (Fsp3) is 0.667. The number of amides is 1. The van der Waals surface area contributed by atoms with Gasteiger partial charge < -0.3 is 10.6 Å². The Balaban J connectivity index is 2.54. The van der Waals surface area contributed by atoms with Gasteiger partial charge in [0.05, 0.1) is 16.3 Å². The lowest BCUT2D eigenvalue weighted by Crippen LogP contribution is -2.49. The van der Waals surface area contributed by atoms with Crippen molar-refractivity contribution >= 4 is 58.0 Å². The van der Waals surface area contributed by atoms with Gasteiger partial charge in [0.15, 0.2) is 0 Å². The summed E-state index contributed by atoms with van der Waals surface area (Å²) < 4.78 is 36.9. The molecule has 0 saturated heterocycles. The number of carbonyl (C=O) groups is 1. The molecule has 0 spiro atoms. The molecule has 0 radical (unpaired) electrons. The summed E-state index contributed by atoms with van der Waals surface area (Å²) in [5, 5.41) is 5.14. The second-order valence-electron chi connectivity index (χ2n) is 7.46. The van der Waals surface area contributed by atoms with Crippen LogP contribution in [0.4, 0.5) is 18.9 Å². The molecular formula is C21H29Cl4F3N2O. The van der Waals surface area contributed by atoms with E-state index < -0.39 is 21.7 Å². The van der Waals surface area contributed by atoms with Crippen molar-refractivity contribution in [2.45, 2.75) is 87.3 Å². The van der Waals surface area contributed by atoms with Crippen molar-refractivity contribution in [1.29, 1.82) is 0 Å². The Hall–Kier alpha value is -0.560. The molecule has 178 valence electrons. The van der Waals surface area contributed by atoms with Crippen LogP contribution in [-0.2, 0) is 11.0 Å². The molecule has 1 amide bonds. The molecule has 0 fully saturated rings. The van der Waals surface area contributed by atoms with Crippen molar-refractivity contribution in [3.05, 3.63) is 28.8 Å². The number of hydrogen-bond acceptors (Lipinski definition) is 2. The Morgan fingerprint density at radius 1 is 0.968 bits per heavy atom. The van der Waals surface area contributed by atoms with Gasteiger partial charge in [-0.25, -0.2) is 0 Å². The van der Waals surface area contributed by atoms with Crippen molar-refractivity contribution in [3.63, 3.8) is 0 Å². The predicted molar refractivity (Wildman–Crippen MR) is 124 cm³/mol. The van der Waals surface area contributed by atoms with Crippen LogP contribution in [0.3, 0.4) is 0 Å². The van der Waals surface area contributed by atoms with Crippen LogP contribution in [0.25, 0.3) is 0 Å². The standard InChI is InChI=1S/C21H29Cl4F3N2O/c1-2-3-4-5-6-7-8-9-10-11-18(31)30-19(20(23,24)25)29-17-14-15(21(26,27)28)12-13-16(17)22/h12-14,19,29H,2-11H2,1H3,(H,30,31)/t19-/m0/s1. The van der Waals surface area contributed by atoms with Gasteiger partial charge in [0, 0.05) is 6.42 Å². The molecule has 0 aliphatic carbocycles. The molecule has 0 unspecified atom stereocenters. The predicted octanol–water partition coefficient (Wildman–Crippen LogP) is 8.50. The Bertz CT molecular complexity index is 682. The lowest BCUT2D eigenvalue weighted by molar-refractivity contribution is -0.137. The zero-order valence-electron chi connectivity index (χ0n) is 17.4. The zero-order valence-corrected chi connectivity index (χ0v) is 20.5. The number of anilines is 1. The molecular weight excluding hydrogens is 495 g/mol. The van der Waals surface area contributed by atoms with Gasteiger partial charge in [-0.1, -0.05) is 105 Å². The summed E-state index contributed by atoms with van der Waals surface area (Å²) in [5.74, 6) is -0.366. The molecule has 2 N–H and O–H groups in total. The van der Waals surface area contributed by atoms with E-state index in [9.17, 15) is 18.0 Å². The third-order valence-corrected chi connectivity index (χ3v) is 5.72. The van der Waals surface area contributed by atoms with Crippen LogP contribution in [0, 0.1) is 0 Å². The minimum atomic E-state index is -4.56. The second-order valence-corrected chi connectivity index (χ2v) is 10.2. The third-order valence-electron chi connectivity index (χ3n) is 4.73. The van der Waals surface area contributed by atoms with E-state index in [1.165, 1.54) is 32.1 Å². The Morgan fingerprint density at radius 2 is 1.52 bits per heavy atom. The van der Waals surface area contributed by atoms with E-state index >= 15 is 0 Å².